The molecule has 0 saturated carbocycles. The van der Waals surface area contributed by atoms with Gasteiger partial charge in [0.05, 0.1) is 11.1 Å². The lowest BCUT2D eigenvalue weighted by molar-refractivity contribution is -0.136. The smallest absolute Gasteiger partial charge is 0.305 e. The first-order valence-corrected chi connectivity index (χ1v) is 7.49. The van der Waals surface area contributed by atoms with Crippen LogP contribution in [-0.4, -0.2) is 30.0 Å². The van der Waals surface area contributed by atoms with Gasteiger partial charge in [0, 0.05) is 24.7 Å². The third-order valence-corrected chi connectivity index (χ3v) is 4.39. The number of benzene rings is 1. The molecule has 1 fully saturated rings. The van der Waals surface area contributed by atoms with Crippen LogP contribution in [0.2, 0.25) is 0 Å². The summed E-state index contributed by atoms with van der Waals surface area (Å²) in [6.07, 6.45) is -1.95. The molecule has 2 nitrogen and oxygen atoms in total. The number of hydrogen-bond donors (Lipinski definition) is 0. The lowest BCUT2D eigenvalue weighted by Crippen LogP contribution is -2.35. The monoisotopic (exact) mass is 308 g/mol. The maximum Gasteiger partial charge on any atom is 0.418 e. The van der Waals surface area contributed by atoms with Crippen molar-refractivity contribution >= 4 is 10.9 Å². The molecule has 3 rings (SSSR count). The van der Waals surface area contributed by atoms with E-state index in [0.717, 1.165) is 25.1 Å². The molecule has 118 valence electrons. The van der Waals surface area contributed by atoms with Gasteiger partial charge in [0.1, 0.15) is 0 Å². The summed E-state index contributed by atoms with van der Waals surface area (Å²) in [6.45, 7) is 4.10. The Kier molecular flexibility index (Phi) is 3.85. The molecule has 1 aliphatic heterocycles. The van der Waals surface area contributed by atoms with E-state index in [9.17, 15) is 13.2 Å². The van der Waals surface area contributed by atoms with Crippen LogP contribution < -0.4 is 0 Å². The molecule has 1 aromatic heterocycles. The van der Waals surface area contributed by atoms with Crippen LogP contribution in [0.25, 0.3) is 10.9 Å². The Balaban J connectivity index is 2.12. The van der Waals surface area contributed by atoms with Gasteiger partial charge in [-0.25, -0.2) is 0 Å². The number of alkyl halides is 3. The maximum atomic E-state index is 13.2. The van der Waals surface area contributed by atoms with Crippen LogP contribution >= 0.6 is 0 Å². The number of piperidine rings is 1. The van der Waals surface area contributed by atoms with Crippen molar-refractivity contribution in [2.45, 2.75) is 25.4 Å². The molecule has 0 amide bonds. The van der Waals surface area contributed by atoms with Gasteiger partial charge in [0.25, 0.3) is 0 Å². The number of rotatable bonds is 1. The SMILES string of the molecule is C[C@@H]1CC(c2ccc(C(F)(F)F)c3ncccc23)CN(C)C1. The zero-order chi connectivity index (χ0) is 15.9. The fraction of sp³-hybridized carbons (Fsp3) is 0.471. The molecule has 0 bridgehead atoms. The Morgan fingerprint density at radius 2 is 1.95 bits per heavy atom. The minimum Gasteiger partial charge on any atom is -0.305 e. The summed E-state index contributed by atoms with van der Waals surface area (Å²) in [6, 6.07) is 6.29. The summed E-state index contributed by atoms with van der Waals surface area (Å²) in [7, 11) is 2.06. The second-order valence-electron chi connectivity index (χ2n) is 6.36. The van der Waals surface area contributed by atoms with Gasteiger partial charge in [-0.3, -0.25) is 4.98 Å². The van der Waals surface area contributed by atoms with Crippen LogP contribution in [0.3, 0.4) is 0 Å². The predicted molar refractivity (Wildman–Crippen MR) is 80.8 cm³/mol. The van der Waals surface area contributed by atoms with Gasteiger partial charge >= 0.3 is 6.18 Å². The zero-order valence-electron chi connectivity index (χ0n) is 12.7. The van der Waals surface area contributed by atoms with Crippen LogP contribution in [0.4, 0.5) is 13.2 Å². The first-order valence-electron chi connectivity index (χ1n) is 7.49. The number of pyridine rings is 1. The highest BCUT2D eigenvalue weighted by Gasteiger charge is 2.34. The Morgan fingerprint density at radius 3 is 2.64 bits per heavy atom. The van der Waals surface area contributed by atoms with Crippen molar-refractivity contribution in [3.05, 3.63) is 41.6 Å². The van der Waals surface area contributed by atoms with Gasteiger partial charge in [-0.2, -0.15) is 13.2 Å². The van der Waals surface area contributed by atoms with Gasteiger partial charge in [0.2, 0.25) is 0 Å². The number of likely N-dealkylation sites (N-methyl/N-ethyl adjacent to an activating group) is 1. The molecule has 5 heteroatoms. The number of likely N-dealkylation sites (tertiary alicyclic amines) is 1. The Morgan fingerprint density at radius 1 is 1.18 bits per heavy atom. The number of fused-ring (bicyclic) bond motifs is 1. The number of aromatic nitrogens is 1. The van der Waals surface area contributed by atoms with Crippen LogP contribution in [0, 0.1) is 5.92 Å². The molecule has 2 heterocycles. The molecule has 0 radical (unpaired) electrons. The molecular formula is C17H19F3N2. The fourth-order valence-electron chi connectivity index (χ4n) is 3.62. The normalized spacial score (nSPS) is 23.9. The average Bonchev–Trinajstić information content (AvgIpc) is 2.44. The van der Waals surface area contributed by atoms with E-state index in [2.05, 4.69) is 23.9 Å². The van der Waals surface area contributed by atoms with Crippen LogP contribution in [-0.2, 0) is 6.18 Å². The van der Waals surface area contributed by atoms with Crippen LogP contribution in [0.15, 0.2) is 30.5 Å². The quantitative estimate of drug-likeness (QED) is 0.780. The van der Waals surface area contributed by atoms with Gasteiger partial charge in [-0.15, -0.1) is 0 Å². The zero-order valence-corrected chi connectivity index (χ0v) is 12.7. The van der Waals surface area contributed by atoms with Crippen LogP contribution in [0.1, 0.15) is 30.4 Å². The lowest BCUT2D eigenvalue weighted by atomic mass is 9.83. The van der Waals surface area contributed by atoms with Crippen molar-refractivity contribution in [2.75, 3.05) is 20.1 Å². The average molecular weight is 308 g/mol. The van der Waals surface area contributed by atoms with Gasteiger partial charge < -0.3 is 4.90 Å². The second-order valence-corrected chi connectivity index (χ2v) is 6.36. The Labute approximate surface area is 128 Å². The molecule has 1 unspecified atom stereocenters. The third-order valence-electron chi connectivity index (χ3n) is 4.39. The standard InChI is InChI=1S/C17H19F3N2/c1-11-8-12(10-22(2)9-11)13-5-6-15(17(18,19)20)16-14(13)4-3-7-21-16/h3-7,11-12H,8-10H2,1-2H3/t11-,12?/m1/s1. The largest absolute Gasteiger partial charge is 0.418 e. The van der Waals surface area contributed by atoms with Crippen molar-refractivity contribution in [2.24, 2.45) is 5.92 Å². The molecule has 0 aliphatic carbocycles. The van der Waals surface area contributed by atoms with Crippen molar-refractivity contribution in [1.29, 1.82) is 0 Å². The minimum atomic E-state index is -4.37. The maximum absolute atomic E-state index is 13.2. The third kappa shape index (κ3) is 2.82. The van der Waals surface area contributed by atoms with E-state index in [1.807, 2.05) is 0 Å². The van der Waals surface area contributed by atoms with Gasteiger partial charge in [0.15, 0.2) is 0 Å². The molecular weight excluding hydrogens is 289 g/mol. The molecule has 1 aliphatic rings. The number of nitrogens with zero attached hydrogens (tertiary/aromatic N) is 2. The van der Waals surface area contributed by atoms with Crippen LogP contribution in [0.5, 0.6) is 0 Å². The highest BCUT2D eigenvalue weighted by atomic mass is 19.4. The number of hydrogen-bond acceptors (Lipinski definition) is 2. The molecule has 0 spiro atoms. The number of halogens is 3. The first kappa shape index (κ1) is 15.3. The van der Waals surface area contributed by atoms with E-state index in [1.165, 1.54) is 12.3 Å². The molecule has 22 heavy (non-hydrogen) atoms. The van der Waals surface area contributed by atoms with E-state index in [1.54, 1.807) is 18.2 Å². The van der Waals surface area contributed by atoms with Gasteiger partial charge in [-0.1, -0.05) is 19.1 Å². The minimum absolute atomic E-state index is 0.0633. The van der Waals surface area contributed by atoms with E-state index >= 15 is 0 Å². The summed E-state index contributed by atoms with van der Waals surface area (Å²) in [4.78, 5) is 6.26. The first-order chi connectivity index (χ1) is 10.4. The van der Waals surface area contributed by atoms with Crippen molar-refractivity contribution in [3.63, 3.8) is 0 Å². The molecule has 2 atom stereocenters. The van der Waals surface area contributed by atoms with E-state index in [0.29, 0.717) is 11.3 Å². The highest BCUT2D eigenvalue weighted by molar-refractivity contribution is 5.86. The fourth-order valence-corrected chi connectivity index (χ4v) is 3.62. The van der Waals surface area contributed by atoms with Crippen molar-refractivity contribution in [3.8, 4) is 0 Å². The summed E-state index contributed by atoms with van der Waals surface area (Å²) < 4.78 is 39.5. The van der Waals surface area contributed by atoms with Crippen molar-refractivity contribution in [1.82, 2.24) is 9.88 Å². The van der Waals surface area contributed by atoms with Gasteiger partial charge in [-0.05, 0) is 43.0 Å². The Hall–Kier alpha value is -1.62. The van der Waals surface area contributed by atoms with E-state index in [-0.39, 0.29) is 11.4 Å². The summed E-state index contributed by atoms with van der Waals surface area (Å²) in [5.41, 5.74) is 0.395. The summed E-state index contributed by atoms with van der Waals surface area (Å²) in [5, 5.41) is 0.629. The summed E-state index contributed by atoms with van der Waals surface area (Å²) >= 11 is 0. The molecule has 0 N–H and O–H groups in total. The Bertz CT molecular complexity index is 671. The predicted octanol–water partition coefficient (Wildman–Crippen LogP) is 4.31. The highest BCUT2D eigenvalue weighted by Crippen LogP contribution is 2.39. The molecule has 2 aromatic rings. The molecule has 1 aromatic carbocycles. The summed E-state index contributed by atoms with van der Waals surface area (Å²) in [5.74, 6) is 0.792. The molecule has 1 saturated heterocycles. The lowest BCUT2D eigenvalue weighted by Gasteiger charge is -2.34. The van der Waals surface area contributed by atoms with E-state index < -0.39 is 11.7 Å². The van der Waals surface area contributed by atoms with E-state index in [4.69, 9.17) is 0 Å². The topological polar surface area (TPSA) is 16.1 Å². The van der Waals surface area contributed by atoms with Crippen molar-refractivity contribution < 1.29 is 13.2 Å². The second kappa shape index (κ2) is 5.54.